The number of nitrogens with one attached hydrogen (secondary N) is 2. The number of methoxy groups -OCH3 is 2. The Hall–Kier alpha value is -2.74. The Bertz CT molecular complexity index is 957. The number of hydrogen-bond donors (Lipinski definition) is 2. The van der Waals surface area contributed by atoms with Gasteiger partial charge in [-0.3, -0.25) is 9.58 Å². The van der Waals surface area contributed by atoms with Crippen LogP contribution in [0.25, 0.3) is 11.3 Å². The number of rotatable bonds is 7. The second kappa shape index (κ2) is 9.40. The number of aryl methyl sites for hydroxylation is 1. The summed E-state index contributed by atoms with van der Waals surface area (Å²) >= 11 is 0. The fourth-order valence-electron chi connectivity index (χ4n) is 5.17. The fourth-order valence-corrected chi connectivity index (χ4v) is 5.17. The van der Waals surface area contributed by atoms with Gasteiger partial charge in [0.15, 0.2) is 11.5 Å². The summed E-state index contributed by atoms with van der Waals surface area (Å²) in [5.41, 5.74) is 3.24. The lowest BCUT2D eigenvalue weighted by Gasteiger charge is -2.49. The highest BCUT2D eigenvalue weighted by Gasteiger charge is 2.41. The van der Waals surface area contributed by atoms with Crippen molar-refractivity contribution < 1.29 is 14.3 Å². The van der Waals surface area contributed by atoms with Gasteiger partial charge in [0.05, 0.1) is 19.9 Å². The number of ether oxygens (including phenoxy) is 2. The maximum atomic E-state index is 12.0. The van der Waals surface area contributed by atoms with Gasteiger partial charge >= 0.3 is 6.03 Å². The molecule has 3 fully saturated rings. The molecule has 0 saturated carbocycles. The van der Waals surface area contributed by atoms with E-state index in [1.165, 1.54) is 12.1 Å². The number of aromatic nitrogens is 2. The molecule has 0 spiro atoms. The second-order valence-corrected chi connectivity index (χ2v) is 9.20. The van der Waals surface area contributed by atoms with Crippen molar-refractivity contribution in [2.75, 3.05) is 33.9 Å². The predicted molar refractivity (Wildman–Crippen MR) is 124 cm³/mol. The quantitative estimate of drug-likeness (QED) is 0.691. The van der Waals surface area contributed by atoms with E-state index in [1.54, 1.807) is 14.2 Å². The zero-order valence-electron chi connectivity index (χ0n) is 19.7. The topological polar surface area (TPSA) is 80.7 Å². The number of carbonyl (C=O) groups is 1. The third-order valence-electron chi connectivity index (χ3n) is 6.77. The van der Waals surface area contributed by atoms with Crippen molar-refractivity contribution in [2.24, 2.45) is 13.0 Å². The van der Waals surface area contributed by atoms with Gasteiger partial charge in [-0.1, -0.05) is 0 Å². The number of hydrogen-bond acceptors (Lipinski definition) is 5. The molecule has 4 atom stereocenters. The number of benzene rings is 1. The maximum Gasteiger partial charge on any atom is 0.315 e. The molecule has 2 amide bonds. The first-order valence-electron chi connectivity index (χ1n) is 11.4. The van der Waals surface area contributed by atoms with Crippen molar-refractivity contribution in [1.29, 1.82) is 0 Å². The maximum absolute atomic E-state index is 12.0. The third kappa shape index (κ3) is 4.55. The molecule has 2 bridgehead atoms. The van der Waals surface area contributed by atoms with Gasteiger partial charge in [-0.2, -0.15) is 5.10 Å². The van der Waals surface area contributed by atoms with Crippen molar-refractivity contribution in [3.8, 4) is 22.8 Å². The van der Waals surface area contributed by atoms with Crippen molar-refractivity contribution in [2.45, 2.75) is 44.7 Å². The third-order valence-corrected chi connectivity index (χ3v) is 6.77. The van der Waals surface area contributed by atoms with E-state index in [0.29, 0.717) is 35.9 Å². The first-order valence-corrected chi connectivity index (χ1v) is 11.4. The molecule has 3 saturated heterocycles. The molecule has 2 aromatic rings. The van der Waals surface area contributed by atoms with E-state index >= 15 is 0 Å². The lowest BCUT2D eigenvalue weighted by molar-refractivity contribution is 0.0294. The molecule has 1 aromatic carbocycles. The smallest absolute Gasteiger partial charge is 0.315 e. The first-order chi connectivity index (χ1) is 15.4. The van der Waals surface area contributed by atoms with E-state index in [9.17, 15) is 4.79 Å². The minimum Gasteiger partial charge on any atom is -0.493 e. The van der Waals surface area contributed by atoms with Gasteiger partial charge in [-0.25, -0.2) is 4.79 Å². The lowest BCUT2D eigenvalue weighted by Crippen LogP contribution is -2.57. The van der Waals surface area contributed by atoms with Crippen LogP contribution in [-0.2, 0) is 7.05 Å². The average molecular weight is 442 g/mol. The van der Waals surface area contributed by atoms with Gasteiger partial charge in [-0.15, -0.1) is 0 Å². The van der Waals surface area contributed by atoms with Gasteiger partial charge in [0, 0.05) is 49.4 Å². The monoisotopic (exact) mass is 441 g/mol. The van der Waals surface area contributed by atoms with Crippen LogP contribution in [-0.4, -0.2) is 66.6 Å². The highest BCUT2D eigenvalue weighted by atomic mass is 16.5. The molecule has 3 aliphatic heterocycles. The van der Waals surface area contributed by atoms with Crippen molar-refractivity contribution in [1.82, 2.24) is 25.3 Å². The molecule has 4 unspecified atom stereocenters. The van der Waals surface area contributed by atoms with Crippen LogP contribution in [0.2, 0.25) is 0 Å². The van der Waals surface area contributed by atoms with Crippen LogP contribution in [0.4, 0.5) is 4.79 Å². The van der Waals surface area contributed by atoms with Gasteiger partial charge < -0.3 is 20.1 Å². The normalized spacial score (nSPS) is 24.4. The molecule has 4 heterocycles. The molecule has 32 heavy (non-hydrogen) atoms. The first kappa shape index (κ1) is 22.5. The number of fused-ring (bicyclic) bond motifs is 3. The Morgan fingerprint density at radius 2 is 2.00 bits per heavy atom. The van der Waals surface area contributed by atoms with Gasteiger partial charge in [-0.05, 0) is 63.4 Å². The van der Waals surface area contributed by atoms with E-state index in [1.807, 2.05) is 43.8 Å². The number of nitrogens with zero attached hydrogens (tertiary/aromatic N) is 3. The summed E-state index contributed by atoms with van der Waals surface area (Å²) in [6.07, 6.45) is 2.29. The summed E-state index contributed by atoms with van der Waals surface area (Å²) in [7, 11) is 5.33. The Kier molecular flexibility index (Phi) is 6.60. The molecule has 2 N–H and O–H groups in total. The van der Waals surface area contributed by atoms with Crippen LogP contribution in [0.1, 0.15) is 38.3 Å². The summed E-state index contributed by atoms with van der Waals surface area (Å²) in [5.74, 6) is 2.48. The van der Waals surface area contributed by atoms with Crippen LogP contribution in [0, 0.1) is 5.92 Å². The van der Waals surface area contributed by atoms with Crippen LogP contribution in [0.15, 0.2) is 24.3 Å². The van der Waals surface area contributed by atoms with E-state index < -0.39 is 0 Å². The van der Waals surface area contributed by atoms with Crippen molar-refractivity contribution >= 4 is 6.03 Å². The van der Waals surface area contributed by atoms with Crippen LogP contribution < -0.4 is 20.1 Å². The molecule has 3 aliphatic rings. The lowest BCUT2D eigenvalue weighted by atomic mass is 9.74. The summed E-state index contributed by atoms with van der Waals surface area (Å²) < 4.78 is 12.9. The SMILES string of the molecule is COc1ccc(-c2cc(C3CN4CCC3CC4CNC(=O)NC(C)C)n(C)n2)cc1OC. The molecule has 1 aromatic heterocycles. The van der Waals surface area contributed by atoms with E-state index in [0.717, 1.165) is 30.8 Å². The summed E-state index contributed by atoms with van der Waals surface area (Å²) in [6, 6.07) is 8.61. The molecular formula is C24H35N5O3. The molecule has 8 nitrogen and oxygen atoms in total. The van der Waals surface area contributed by atoms with Crippen LogP contribution in [0.5, 0.6) is 11.5 Å². The van der Waals surface area contributed by atoms with E-state index in [2.05, 4.69) is 21.6 Å². The highest BCUT2D eigenvalue weighted by molar-refractivity contribution is 5.74. The highest BCUT2D eigenvalue weighted by Crippen LogP contribution is 2.42. The zero-order valence-corrected chi connectivity index (χ0v) is 19.7. The van der Waals surface area contributed by atoms with Crippen molar-refractivity contribution in [3.05, 3.63) is 30.0 Å². The van der Waals surface area contributed by atoms with E-state index in [-0.39, 0.29) is 12.1 Å². The molecule has 5 rings (SSSR count). The Morgan fingerprint density at radius 3 is 2.66 bits per heavy atom. The molecule has 0 radical (unpaired) electrons. The minimum absolute atomic E-state index is 0.0783. The Labute approximate surface area is 190 Å². The zero-order chi connectivity index (χ0) is 22.8. The standard InChI is InChI=1S/C24H35N5O3/c1-15(2)26-24(30)25-13-18-10-16-8-9-29(18)14-19(16)21-12-20(27-28(21)3)17-6-7-22(31-4)23(11-17)32-5/h6-7,11-12,15-16,18-19H,8-10,13-14H2,1-5H3,(H2,25,26,30). The molecule has 8 heteroatoms. The van der Waals surface area contributed by atoms with Crippen LogP contribution >= 0.6 is 0 Å². The van der Waals surface area contributed by atoms with Gasteiger partial charge in [0.1, 0.15) is 0 Å². The second-order valence-electron chi connectivity index (χ2n) is 9.20. The summed E-state index contributed by atoms with van der Waals surface area (Å²) in [6.45, 7) is 6.75. The number of amides is 2. The summed E-state index contributed by atoms with van der Waals surface area (Å²) in [4.78, 5) is 14.5. The Balaban J connectivity index is 1.46. The number of carbonyl (C=O) groups excluding carboxylic acids is 1. The molecule has 174 valence electrons. The van der Waals surface area contributed by atoms with Crippen molar-refractivity contribution in [3.63, 3.8) is 0 Å². The Morgan fingerprint density at radius 1 is 1.22 bits per heavy atom. The summed E-state index contributed by atoms with van der Waals surface area (Å²) in [5, 5.41) is 10.8. The predicted octanol–water partition coefficient (Wildman–Crippen LogP) is 2.99. The average Bonchev–Trinajstić information content (AvgIpc) is 3.18. The van der Waals surface area contributed by atoms with Gasteiger partial charge in [0.25, 0.3) is 0 Å². The number of piperidine rings is 3. The minimum atomic E-state index is -0.0783. The molecule has 0 aliphatic carbocycles. The number of urea groups is 1. The fraction of sp³-hybridized carbons (Fsp3) is 0.583. The van der Waals surface area contributed by atoms with Crippen LogP contribution in [0.3, 0.4) is 0 Å². The van der Waals surface area contributed by atoms with Gasteiger partial charge in [0.2, 0.25) is 0 Å². The van der Waals surface area contributed by atoms with E-state index in [4.69, 9.17) is 14.6 Å². The largest absolute Gasteiger partial charge is 0.493 e. The molecular weight excluding hydrogens is 406 g/mol.